The van der Waals surface area contributed by atoms with Crippen molar-refractivity contribution in [3.63, 3.8) is 0 Å². The van der Waals surface area contributed by atoms with Crippen LogP contribution in [0.3, 0.4) is 0 Å². The summed E-state index contributed by atoms with van der Waals surface area (Å²) in [6.07, 6.45) is 1.69. The van der Waals surface area contributed by atoms with Gasteiger partial charge in [-0.25, -0.2) is 4.98 Å². The SMILES string of the molecule is Cc1nnc(SCc2cccnc2N)n1C. The van der Waals surface area contributed by atoms with Crippen LogP contribution in [0, 0.1) is 6.92 Å². The first-order valence-electron chi connectivity index (χ1n) is 4.86. The highest BCUT2D eigenvalue weighted by atomic mass is 32.2. The number of hydrogen-bond donors (Lipinski definition) is 1. The van der Waals surface area contributed by atoms with Gasteiger partial charge in [-0.05, 0) is 13.0 Å². The van der Waals surface area contributed by atoms with Gasteiger partial charge in [0, 0.05) is 24.6 Å². The molecule has 0 aromatic carbocycles. The average molecular weight is 235 g/mol. The Kier molecular flexibility index (Phi) is 3.09. The van der Waals surface area contributed by atoms with Crippen molar-refractivity contribution >= 4 is 17.6 Å². The van der Waals surface area contributed by atoms with Gasteiger partial charge in [-0.15, -0.1) is 10.2 Å². The number of nitrogen functional groups attached to an aromatic ring is 1. The lowest BCUT2D eigenvalue weighted by molar-refractivity contribution is 0.765. The fraction of sp³-hybridized carbons (Fsp3) is 0.300. The van der Waals surface area contributed by atoms with Crippen LogP contribution in [0.4, 0.5) is 5.82 Å². The molecule has 0 saturated carbocycles. The van der Waals surface area contributed by atoms with Crippen LogP contribution in [0.25, 0.3) is 0 Å². The Hall–Kier alpha value is -1.56. The van der Waals surface area contributed by atoms with Gasteiger partial charge in [-0.2, -0.15) is 0 Å². The number of thioether (sulfide) groups is 1. The molecule has 0 radical (unpaired) electrons. The van der Waals surface area contributed by atoms with Crippen molar-refractivity contribution in [1.82, 2.24) is 19.7 Å². The van der Waals surface area contributed by atoms with Gasteiger partial charge < -0.3 is 10.3 Å². The number of nitrogens with two attached hydrogens (primary N) is 1. The lowest BCUT2D eigenvalue weighted by Crippen LogP contribution is -1.97. The van der Waals surface area contributed by atoms with Gasteiger partial charge in [0.2, 0.25) is 0 Å². The van der Waals surface area contributed by atoms with Gasteiger partial charge in [-0.3, -0.25) is 0 Å². The van der Waals surface area contributed by atoms with Crippen LogP contribution in [0.15, 0.2) is 23.5 Å². The van der Waals surface area contributed by atoms with E-state index in [2.05, 4.69) is 15.2 Å². The van der Waals surface area contributed by atoms with Crippen molar-refractivity contribution in [3.8, 4) is 0 Å². The minimum atomic E-state index is 0.578. The third-order valence-corrected chi connectivity index (χ3v) is 3.40. The first kappa shape index (κ1) is 10.9. The molecule has 0 atom stereocenters. The number of rotatable bonds is 3. The zero-order valence-corrected chi connectivity index (χ0v) is 10.0. The van der Waals surface area contributed by atoms with Crippen LogP contribution in [0.2, 0.25) is 0 Å². The summed E-state index contributed by atoms with van der Waals surface area (Å²) in [5, 5.41) is 8.96. The highest BCUT2D eigenvalue weighted by Crippen LogP contribution is 2.22. The average Bonchev–Trinajstić information content (AvgIpc) is 2.59. The van der Waals surface area contributed by atoms with Gasteiger partial charge in [-0.1, -0.05) is 17.8 Å². The topological polar surface area (TPSA) is 69.6 Å². The third-order valence-electron chi connectivity index (χ3n) is 2.34. The molecular weight excluding hydrogens is 222 g/mol. The molecule has 0 spiro atoms. The number of aromatic nitrogens is 4. The van der Waals surface area contributed by atoms with Crippen molar-refractivity contribution in [2.24, 2.45) is 7.05 Å². The summed E-state index contributed by atoms with van der Waals surface area (Å²) in [5.41, 5.74) is 6.78. The molecular formula is C10H13N5S. The van der Waals surface area contributed by atoms with Crippen molar-refractivity contribution in [2.75, 3.05) is 5.73 Å². The minimum Gasteiger partial charge on any atom is -0.383 e. The van der Waals surface area contributed by atoms with Crippen LogP contribution in [-0.2, 0) is 12.8 Å². The number of pyridine rings is 1. The summed E-state index contributed by atoms with van der Waals surface area (Å²) in [5.74, 6) is 2.24. The minimum absolute atomic E-state index is 0.578. The first-order valence-corrected chi connectivity index (χ1v) is 5.85. The highest BCUT2D eigenvalue weighted by Gasteiger charge is 2.07. The molecule has 0 aliphatic heterocycles. The smallest absolute Gasteiger partial charge is 0.191 e. The highest BCUT2D eigenvalue weighted by molar-refractivity contribution is 7.98. The molecule has 0 aliphatic rings. The van der Waals surface area contributed by atoms with E-state index in [1.807, 2.05) is 30.7 Å². The van der Waals surface area contributed by atoms with E-state index in [9.17, 15) is 0 Å². The summed E-state index contributed by atoms with van der Waals surface area (Å²) in [6.45, 7) is 1.93. The van der Waals surface area contributed by atoms with Crippen molar-refractivity contribution in [1.29, 1.82) is 0 Å². The van der Waals surface area contributed by atoms with E-state index in [1.165, 1.54) is 0 Å². The Morgan fingerprint density at radius 1 is 1.44 bits per heavy atom. The Labute approximate surface area is 98.1 Å². The zero-order valence-electron chi connectivity index (χ0n) is 9.21. The van der Waals surface area contributed by atoms with Gasteiger partial charge in [0.1, 0.15) is 11.6 Å². The first-order chi connectivity index (χ1) is 7.68. The van der Waals surface area contributed by atoms with Crippen LogP contribution in [0.1, 0.15) is 11.4 Å². The number of hydrogen-bond acceptors (Lipinski definition) is 5. The van der Waals surface area contributed by atoms with E-state index in [0.29, 0.717) is 5.82 Å². The van der Waals surface area contributed by atoms with Crippen LogP contribution >= 0.6 is 11.8 Å². The lowest BCUT2D eigenvalue weighted by atomic mass is 10.3. The normalized spacial score (nSPS) is 10.6. The maximum atomic E-state index is 5.76. The molecule has 6 heteroatoms. The van der Waals surface area contributed by atoms with Crippen molar-refractivity contribution in [2.45, 2.75) is 17.8 Å². The molecule has 84 valence electrons. The summed E-state index contributed by atoms with van der Waals surface area (Å²) < 4.78 is 1.96. The summed E-state index contributed by atoms with van der Waals surface area (Å²) in [6, 6.07) is 3.85. The van der Waals surface area contributed by atoms with E-state index in [-0.39, 0.29) is 0 Å². The molecule has 16 heavy (non-hydrogen) atoms. The molecule has 0 bridgehead atoms. The number of aryl methyl sites for hydroxylation is 1. The van der Waals surface area contributed by atoms with Crippen molar-refractivity contribution < 1.29 is 0 Å². The Morgan fingerprint density at radius 2 is 2.25 bits per heavy atom. The second-order valence-corrected chi connectivity index (χ2v) is 4.37. The van der Waals surface area contributed by atoms with E-state index < -0.39 is 0 Å². The summed E-state index contributed by atoms with van der Waals surface area (Å²) in [7, 11) is 1.95. The maximum Gasteiger partial charge on any atom is 0.191 e. The van der Waals surface area contributed by atoms with E-state index >= 15 is 0 Å². The van der Waals surface area contributed by atoms with Gasteiger partial charge in [0.25, 0.3) is 0 Å². The molecule has 0 saturated heterocycles. The maximum absolute atomic E-state index is 5.76. The third kappa shape index (κ3) is 2.16. The summed E-state index contributed by atoms with van der Waals surface area (Å²) >= 11 is 1.60. The standard InChI is InChI=1S/C10H13N5S/c1-7-13-14-10(15(7)2)16-6-8-4-3-5-12-9(8)11/h3-5H,6H2,1-2H3,(H2,11,12). The van der Waals surface area contributed by atoms with E-state index in [4.69, 9.17) is 5.73 Å². The van der Waals surface area contributed by atoms with Gasteiger partial charge >= 0.3 is 0 Å². The molecule has 0 fully saturated rings. The van der Waals surface area contributed by atoms with Gasteiger partial charge in [0.15, 0.2) is 5.16 Å². The Morgan fingerprint density at radius 3 is 2.88 bits per heavy atom. The predicted molar refractivity (Wildman–Crippen MR) is 64.0 cm³/mol. The largest absolute Gasteiger partial charge is 0.383 e. The quantitative estimate of drug-likeness (QED) is 0.814. The van der Waals surface area contributed by atoms with E-state index in [0.717, 1.165) is 22.3 Å². The molecule has 2 N–H and O–H groups in total. The fourth-order valence-electron chi connectivity index (χ4n) is 1.23. The van der Waals surface area contributed by atoms with E-state index in [1.54, 1.807) is 18.0 Å². The molecule has 2 aromatic heterocycles. The number of anilines is 1. The monoisotopic (exact) mass is 235 g/mol. The van der Waals surface area contributed by atoms with Crippen LogP contribution in [0.5, 0.6) is 0 Å². The molecule has 0 aliphatic carbocycles. The lowest BCUT2D eigenvalue weighted by Gasteiger charge is -2.03. The molecule has 2 aromatic rings. The number of nitrogens with zero attached hydrogens (tertiary/aromatic N) is 4. The zero-order chi connectivity index (χ0) is 11.5. The molecule has 2 rings (SSSR count). The fourth-order valence-corrected chi connectivity index (χ4v) is 2.18. The molecule has 2 heterocycles. The van der Waals surface area contributed by atoms with Crippen LogP contribution < -0.4 is 5.73 Å². The summed E-state index contributed by atoms with van der Waals surface area (Å²) in [4.78, 5) is 4.04. The Bertz CT molecular complexity index is 494. The molecule has 0 amide bonds. The Balaban J connectivity index is 2.08. The second kappa shape index (κ2) is 4.52. The molecule has 0 unspecified atom stereocenters. The second-order valence-electron chi connectivity index (χ2n) is 3.43. The van der Waals surface area contributed by atoms with Crippen LogP contribution in [-0.4, -0.2) is 19.7 Å². The predicted octanol–water partition coefficient (Wildman–Crippen LogP) is 1.39. The molecule has 5 nitrogen and oxygen atoms in total. The van der Waals surface area contributed by atoms with Crippen molar-refractivity contribution in [3.05, 3.63) is 29.7 Å². The van der Waals surface area contributed by atoms with Gasteiger partial charge in [0.05, 0.1) is 0 Å².